The fourth-order valence-corrected chi connectivity index (χ4v) is 1.68. The fraction of sp³-hybridized carbons (Fsp3) is 0.133. The maximum absolute atomic E-state index is 12.0. The summed E-state index contributed by atoms with van der Waals surface area (Å²) in [4.78, 5) is 15.9. The van der Waals surface area contributed by atoms with Gasteiger partial charge in [0.25, 0.3) is 5.91 Å². The Balaban J connectivity index is 2.11. The van der Waals surface area contributed by atoms with Crippen LogP contribution in [0.25, 0.3) is 0 Å². The van der Waals surface area contributed by atoms with Gasteiger partial charge in [-0.1, -0.05) is 18.2 Å². The Kier molecular flexibility index (Phi) is 4.03. The zero-order chi connectivity index (χ0) is 13.7. The Hall–Kier alpha value is -2.49. The van der Waals surface area contributed by atoms with E-state index in [9.17, 15) is 4.79 Å². The van der Waals surface area contributed by atoms with E-state index in [1.54, 1.807) is 18.5 Å². The molecule has 0 aliphatic carbocycles. The first-order chi connectivity index (χ1) is 9.18. The molecule has 1 aromatic heterocycles. The zero-order valence-electron chi connectivity index (χ0n) is 10.9. The molecule has 0 saturated carbocycles. The number of hydrogen-bond acceptors (Lipinski definition) is 3. The first-order valence-corrected chi connectivity index (χ1v) is 5.99. The Morgan fingerprint density at radius 1 is 1.16 bits per heavy atom. The summed E-state index contributed by atoms with van der Waals surface area (Å²) in [6, 6.07) is 11.1. The molecule has 1 N–H and O–H groups in total. The molecular formula is C15H15N3O. The van der Waals surface area contributed by atoms with Gasteiger partial charge < -0.3 is 0 Å². The highest BCUT2D eigenvalue weighted by atomic mass is 16.2. The normalized spacial score (nSPS) is 11.2. The van der Waals surface area contributed by atoms with Crippen molar-refractivity contribution in [3.63, 3.8) is 0 Å². The summed E-state index contributed by atoms with van der Waals surface area (Å²) in [7, 11) is 0. The van der Waals surface area contributed by atoms with E-state index in [1.165, 1.54) is 0 Å². The summed E-state index contributed by atoms with van der Waals surface area (Å²) in [5.74, 6) is -0.202. The van der Waals surface area contributed by atoms with Gasteiger partial charge in [-0.25, -0.2) is 5.43 Å². The Bertz CT molecular complexity index is 606. The van der Waals surface area contributed by atoms with E-state index in [1.807, 2.05) is 44.2 Å². The topological polar surface area (TPSA) is 54.4 Å². The minimum absolute atomic E-state index is 0.202. The standard InChI is InChI=1S/C15H15N3O/c1-11-5-3-4-6-14(11)15(19)18-17-12(2)13-7-9-16-10-8-13/h3-10H,1-2H3,(H,18,19)/b17-12+. The van der Waals surface area contributed by atoms with Gasteiger partial charge in [0, 0.05) is 23.5 Å². The van der Waals surface area contributed by atoms with Crippen molar-refractivity contribution in [2.24, 2.45) is 5.10 Å². The number of amides is 1. The summed E-state index contributed by atoms with van der Waals surface area (Å²) < 4.78 is 0. The van der Waals surface area contributed by atoms with Crippen molar-refractivity contribution < 1.29 is 4.79 Å². The third-order valence-electron chi connectivity index (χ3n) is 2.81. The number of hydrogen-bond donors (Lipinski definition) is 1. The van der Waals surface area contributed by atoms with Gasteiger partial charge in [-0.15, -0.1) is 0 Å². The number of nitrogens with one attached hydrogen (secondary N) is 1. The van der Waals surface area contributed by atoms with Gasteiger partial charge in [-0.05, 0) is 37.6 Å². The number of rotatable bonds is 3. The van der Waals surface area contributed by atoms with Crippen molar-refractivity contribution in [1.82, 2.24) is 10.4 Å². The number of nitrogens with zero attached hydrogens (tertiary/aromatic N) is 2. The van der Waals surface area contributed by atoms with Gasteiger partial charge in [0.1, 0.15) is 0 Å². The molecular weight excluding hydrogens is 238 g/mol. The number of benzene rings is 1. The van der Waals surface area contributed by atoms with Gasteiger partial charge in [-0.2, -0.15) is 5.10 Å². The number of carbonyl (C=O) groups is 1. The summed E-state index contributed by atoms with van der Waals surface area (Å²) in [6.07, 6.45) is 3.38. The van der Waals surface area contributed by atoms with Gasteiger partial charge in [-0.3, -0.25) is 9.78 Å². The largest absolute Gasteiger partial charge is 0.271 e. The van der Waals surface area contributed by atoms with Crippen LogP contribution in [0.2, 0.25) is 0 Å². The van der Waals surface area contributed by atoms with Crippen LogP contribution < -0.4 is 5.43 Å². The van der Waals surface area contributed by atoms with Crippen LogP contribution in [0.4, 0.5) is 0 Å². The smallest absolute Gasteiger partial charge is 0.267 e. The van der Waals surface area contributed by atoms with E-state index in [4.69, 9.17) is 0 Å². The predicted molar refractivity (Wildman–Crippen MR) is 75.1 cm³/mol. The van der Waals surface area contributed by atoms with E-state index >= 15 is 0 Å². The van der Waals surface area contributed by atoms with Crippen molar-refractivity contribution in [1.29, 1.82) is 0 Å². The summed E-state index contributed by atoms with van der Waals surface area (Å²) in [6.45, 7) is 3.74. The molecule has 0 radical (unpaired) electrons. The average Bonchev–Trinajstić information content (AvgIpc) is 2.46. The molecule has 0 bridgehead atoms. The van der Waals surface area contributed by atoms with Crippen LogP contribution in [0.15, 0.2) is 53.9 Å². The molecule has 1 amide bonds. The second kappa shape index (κ2) is 5.91. The number of pyridine rings is 1. The number of aryl methyl sites for hydroxylation is 1. The van der Waals surface area contributed by atoms with Gasteiger partial charge in [0.05, 0.1) is 5.71 Å². The minimum atomic E-state index is -0.202. The van der Waals surface area contributed by atoms with Crippen LogP contribution in [0.3, 0.4) is 0 Å². The van der Waals surface area contributed by atoms with Gasteiger partial charge >= 0.3 is 0 Å². The second-order valence-corrected chi connectivity index (χ2v) is 4.19. The van der Waals surface area contributed by atoms with E-state index in [-0.39, 0.29) is 5.91 Å². The van der Waals surface area contributed by atoms with Crippen molar-refractivity contribution in [3.8, 4) is 0 Å². The Morgan fingerprint density at radius 2 is 1.84 bits per heavy atom. The van der Waals surface area contributed by atoms with Gasteiger partial charge in [0.2, 0.25) is 0 Å². The molecule has 96 valence electrons. The number of carbonyl (C=O) groups excluding carboxylic acids is 1. The molecule has 1 heterocycles. The molecule has 2 rings (SSSR count). The lowest BCUT2D eigenvalue weighted by Gasteiger charge is -2.05. The third kappa shape index (κ3) is 3.25. The lowest BCUT2D eigenvalue weighted by atomic mass is 10.1. The van der Waals surface area contributed by atoms with Gasteiger partial charge in [0.15, 0.2) is 0 Å². The van der Waals surface area contributed by atoms with Crippen LogP contribution >= 0.6 is 0 Å². The van der Waals surface area contributed by atoms with Crippen molar-refractivity contribution in [3.05, 3.63) is 65.5 Å². The molecule has 4 heteroatoms. The van der Waals surface area contributed by atoms with Crippen molar-refractivity contribution in [2.45, 2.75) is 13.8 Å². The first kappa shape index (κ1) is 13.0. The Morgan fingerprint density at radius 3 is 2.53 bits per heavy atom. The Labute approximate surface area is 112 Å². The molecule has 0 atom stereocenters. The molecule has 0 fully saturated rings. The third-order valence-corrected chi connectivity index (χ3v) is 2.81. The highest BCUT2D eigenvalue weighted by Crippen LogP contribution is 2.06. The maximum atomic E-state index is 12.0. The summed E-state index contributed by atoms with van der Waals surface area (Å²) in [5, 5.41) is 4.10. The van der Waals surface area contributed by atoms with Crippen LogP contribution in [0, 0.1) is 6.92 Å². The first-order valence-electron chi connectivity index (χ1n) is 5.99. The molecule has 4 nitrogen and oxygen atoms in total. The van der Waals surface area contributed by atoms with E-state index in [0.29, 0.717) is 5.56 Å². The molecule has 0 aliphatic rings. The van der Waals surface area contributed by atoms with Crippen molar-refractivity contribution in [2.75, 3.05) is 0 Å². The average molecular weight is 253 g/mol. The molecule has 19 heavy (non-hydrogen) atoms. The second-order valence-electron chi connectivity index (χ2n) is 4.19. The summed E-state index contributed by atoms with van der Waals surface area (Å²) >= 11 is 0. The number of hydrazone groups is 1. The summed E-state index contributed by atoms with van der Waals surface area (Å²) in [5.41, 5.74) is 5.80. The molecule has 0 aliphatic heterocycles. The number of aromatic nitrogens is 1. The zero-order valence-corrected chi connectivity index (χ0v) is 10.9. The van der Waals surface area contributed by atoms with Crippen LogP contribution in [-0.2, 0) is 0 Å². The molecule has 0 saturated heterocycles. The van der Waals surface area contributed by atoms with Crippen LogP contribution in [-0.4, -0.2) is 16.6 Å². The van der Waals surface area contributed by atoms with Crippen molar-refractivity contribution >= 4 is 11.6 Å². The van der Waals surface area contributed by atoms with Crippen LogP contribution in [0.1, 0.15) is 28.4 Å². The predicted octanol–water partition coefficient (Wildman–Crippen LogP) is 2.54. The lowest BCUT2D eigenvalue weighted by Crippen LogP contribution is -2.20. The van der Waals surface area contributed by atoms with E-state index in [2.05, 4.69) is 15.5 Å². The molecule has 2 aromatic rings. The highest BCUT2D eigenvalue weighted by Gasteiger charge is 2.07. The van der Waals surface area contributed by atoms with E-state index < -0.39 is 0 Å². The minimum Gasteiger partial charge on any atom is -0.267 e. The maximum Gasteiger partial charge on any atom is 0.271 e. The quantitative estimate of drug-likeness (QED) is 0.675. The van der Waals surface area contributed by atoms with E-state index in [0.717, 1.165) is 16.8 Å². The monoisotopic (exact) mass is 253 g/mol. The molecule has 1 aromatic carbocycles. The molecule has 0 spiro atoms. The lowest BCUT2D eigenvalue weighted by molar-refractivity contribution is 0.0954. The van der Waals surface area contributed by atoms with Crippen LogP contribution in [0.5, 0.6) is 0 Å². The SMILES string of the molecule is C/C(=N\NC(=O)c1ccccc1C)c1ccncc1. The fourth-order valence-electron chi connectivity index (χ4n) is 1.68. The molecule has 0 unspecified atom stereocenters. The highest BCUT2D eigenvalue weighted by molar-refractivity contribution is 6.01.